The Bertz CT molecular complexity index is 895. The van der Waals surface area contributed by atoms with Crippen LogP contribution in [-0.4, -0.2) is 54.0 Å². The lowest BCUT2D eigenvalue weighted by Crippen LogP contribution is -2.46. The molecule has 0 aromatic heterocycles. The average Bonchev–Trinajstić information content (AvgIpc) is 3.30. The summed E-state index contributed by atoms with van der Waals surface area (Å²) in [7, 11) is 0. The van der Waals surface area contributed by atoms with Crippen molar-refractivity contribution in [3.05, 3.63) is 59.7 Å². The number of aliphatic carboxylic acids is 1. The Morgan fingerprint density at radius 2 is 1.67 bits per heavy atom. The van der Waals surface area contributed by atoms with Gasteiger partial charge in [-0.1, -0.05) is 62.4 Å². The topological polar surface area (TPSA) is 76.1 Å². The monoisotopic (exact) mass is 409 g/mol. The summed E-state index contributed by atoms with van der Waals surface area (Å²) < 4.78 is 11.4. The molecule has 2 atom stereocenters. The van der Waals surface area contributed by atoms with Gasteiger partial charge in [0, 0.05) is 19.1 Å². The van der Waals surface area contributed by atoms with Crippen LogP contribution in [0.25, 0.3) is 11.1 Å². The second kappa shape index (κ2) is 8.48. The zero-order valence-electron chi connectivity index (χ0n) is 17.3. The van der Waals surface area contributed by atoms with E-state index in [1.54, 1.807) is 0 Å². The molecule has 158 valence electrons. The van der Waals surface area contributed by atoms with Crippen LogP contribution in [0.2, 0.25) is 0 Å². The highest BCUT2D eigenvalue weighted by Crippen LogP contribution is 2.44. The number of hydrogen-bond donors (Lipinski definition) is 1. The molecule has 2 aromatic rings. The van der Waals surface area contributed by atoms with Crippen LogP contribution in [0.3, 0.4) is 0 Å². The summed E-state index contributed by atoms with van der Waals surface area (Å²) in [6.07, 6.45) is -0.612. The van der Waals surface area contributed by atoms with Gasteiger partial charge in [-0.05, 0) is 34.6 Å². The molecule has 2 aromatic carbocycles. The third kappa shape index (κ3) is 3.79. The first kappa shape index (κ1) is 20.4. The quantitative estimate of drug-likeness (QED) is 0.776. The highest BCUT2D eigenvalue weighted by atomic mass is 16.6. The number of ether oxygens (including phenoxy) is 2. The minimum Gasteiger partial charge on any atom is -0.480 e. The summed E-state index contributed by atoms with van der Waals surface area (Å²) in [6.45, 7) is 4.97. The van der Waals surface area contributed by atoms with E-state index in [9.17, 15) is 14.7 Å². The molecule has 2 aliphatic rings. The van der Waals surface area contributed by atoms with Crippen LogP contribution in [0.15, 0.2) is 48.5 Å². The van der Waals surface area contributed by atoms with Gasteiger partial charge in [0.2, 0.25) is 0 Å². The lowest BCUT2D eigenvalue weighted by atomic mass is 9.98. The second-order valence-corrected chi connectivity index (χ2v) is 8.33. The Labute approximate surface area is 176 Å². The van der Waals surface area contributed by atoms with E-state index >= 15 is 0 Å². The number of carbonyl (C=O) groups is 2. The predicted octanol–water partition coefficient (Wildman–Crippen LogP) is 4.14. The largest absolute Gasteiger partial charge is 0.480 e. The van der Waals surface area contributed by atoms with Crippen LogP contribution in [0.1, 0.15) is 37.3 Å². The van der Waals surface area contributed by atoms with Gasteiger partial charge in [-0.15, -0.1) is 0 Å². The standard InChI is InChI=1S/C24H27NO5/c1-15(2)13-29-21-11-12-25(22(21)23(26)27)24(28)30-14-20-18-9-5-3-7-16(18)17-8-4-6-10-19(17)20/h3-10,15,20-22H,11-14H2,1-2H3,(H,26,27)/t21-,22-/m0/s1. The molecule has 30 heavy (non-hydrogen) atoms. The van der Waals surface area contributed by atoms with Gasteiger partial charge < -0.3 is 14.6 Å². The number of benzene rings is 2. The number of carboxylic acid groups (broad SMARTS) is 1. The van der Waals surface area contributed by atoms with Gasteiger partial charge in [0.05, 0.1) is 6.10 Å². The number of amides is 1. The molecule has 0 unspecified atom stereocenters. The molecule has 4 rings (SSSR count). The van der Waals surface area contributed by atoms with E-state index in [1.807, 2.05) is 38.1 Å². The van der Waals surface area contributed by atoms with Crippen LogP contribution in [0.5, 0.6) is 0 Å². The molecule has 0 bridgehead atoms. The van der Waals surface area contributed by atoms with Crippen LogP contribution in [0.4, 0.5) is 4.79 Å². The van der Waals surface area contributed by atoms with Gasteiger partial charge in [-0.2, -0.15) is 0 Å². The first-order chi connectivity index (χ1) is 14.5. The number of hydrogen-bond acceptors (Lipinski definition) is 4. The zero-order chi connectivity index (χ0) is 21.3. The fourth-order valence-corrected chi connectivity index (χ4v) is 4.43. The maximum atomic E-state index is 12.8. The molecule has 1 fully saturated rings. The summed E-state index contributed by atoms with van der Waals surface area (Å²) in [4.78, 5) is 25.9. The third-order valence-corrected chi connectivity index (χ3v) is 5.81. The van der Waals surface area contributed by atoms with Gasteiger partial charge in [0.15, 0.2) is 6.04 Å². The molecule has 1 aliphatic heterocycles. The lowest BCUT2D eigenvalue weighted by molar-refractivity contribution is -0.146. The number of likely N-dealkylation sites (tertiary alicyclic amines) is 1. The molecule has 0 saturated carbocycles. The van der Waals surface area contributed by atoms with Crippen molar-refractivity contribution in [2.45, 2.75) is 38.3 Å². The number of carbonyl (C=O) groups excluding carboxylic acids is 1. The Morgan fingerprint density at radius 3 is 2.23 bits per heavy atom. The molecule has 1 N–H and O–H groups in total. The molecular weight excluding hydrogens is 382 g/mol. The summed E-state index contributed by atoms with van der Waals surface area (Å²) in [6, 6.07) is 15.2. The van der Waals surface area contributed by atoms with Crippen molar-refractivity contribution >= 4 is 12.1 Å². The third-order valence-electron chi connectivity index (χ3n) is 5.81. The minimum absolute atomic E-state index is 0.0554. The molecule has 0 radical (unpaired) electrons. The molecule has 1 heterocycles. The Balaban J connectivity index is 1.46. The van der Waals surface area contributed by atoms with Crippen molar-refractivity contribution in [1.82, 2.24) is 4.90 Å². The average molecular weight is 409 g/mol. The van der Waals surface area contributed by atoms with E-state index in [4.69, 9.17) is 9.47 Å². The first-order valence-electron chi connectivity index (χ1n) is 10.4. The number of carboxylic acids is 1. The lowest BCUT2D eigenvalue weighted by Gasteiger charge is -2.25. The number of rotatable bonds is 6. The van der Waals surface area contributed by atoms with Gasteiger partial charge in [0.25, 0.3) is 0 Å². The van der Waals surface area contributed by atoms with Crippen molar-refractivity contribution in [3.63, 3.8) is 0 Å². The number of nitrogens with zero attached hydrogens (tertiary/aromatic N) is 1. The van der Waals surface area contributed by atoms with Crippen molar-refractivity contribution in [1.29, 1.82) is 0 Å². The summed E-state index contributed by atoms with van der Waals surface area (Å²) >= 11 is 0. The predicted molar refractivity (Wildman–Crippen MR) is 112 cm³/mol. The fraction of sp³-hybridized carbons (Fsp3) is 0.417. The summed E-state index contributed by atoms with van der Waals surface area (Å²) in [5, 5.41) is 9.68. The molecule has 0 spiro atoms. The fourth-order valence-electron chi connectivity index (χ4n) is 4.43. The van der Waals surface area contributed by atoms with E-state index in [0.29, 0.717) is 25.5 Å². The summed E-state index contributed by atoms with van der Waals surface area (Å²) in [5.41, 5.74) is 4.56. The molecule has 6 nitrogen and oxygen atoms in total. The van der Waals surface area contributed by atoms with Gasteiger partial charge in [-0.25, -0.2) is 9.59 Å². The normalized spacial score (nSPS) is 20.3. The van der Waals surface area contributed by atoms with Crippen LogP contribution in [0, 0.1) is 5.92 Å². The zero-order valence-corrected chi connectivity index (χ0v) is 17.3. The number of fused-ring (bicyclic) bond motifs is 3. The Kier molecular flexibility index (Phi) is 5.77. The molecule has 6 heteroatoms. The van der Waals surface area contributed by atoms with E-state index in [0.717, 1.165) is 22.3 Å². The van der Waals surface area contributed by atoms with E-state index in [-0.39, 0.29) is 12.5 Å². The van der Waals surface area contributed by atoms with Gasteiger partial charge >= 0.3 is 12.1 Å². The van der Waals surface area contributed by atoms with E-state index in [1.165, 1.54) is 4.90 Å². The van der Waals surface area contributed by atoms with E-state index in [2.05, 4.69) is 24.3 Å². The Morgan fingerprint density at radius 1 is 1.07 bits per heavy atom. The second-order valence-electron chi connectivity index (χ2n) is 8.33. The van der Waals surface area contributed by atoms with Crippen molar-refractivity contribution in [2.24, 2.45) is 5.92 Å². The highest BCUT2D eigenvalue weighted by Gasteiger charge is 2.44. The van der Waals surface area contributed by atoms with E-state index < -0.39 is 24.2 Å². The maximum absolute atomic E-state index is 12.8. The van der Waals surface area contributed by atoms with Crippen LogP contribution >= 0.6 is 0 Å². The van der Waals surface area contributed by atoms with Gasteiger partial charge in [-0.3, -0.25) is 4.90 Å². The maximum Gasteiger partial charge on any atom is 0.410 e. The van der Waals surface area contributed by atoms with Crippen molar-refractivity contribution in [2.75, 3.05) is 19.8 Å². The molecule has 1 aliphatic carbocycles. The first-order valence-corrected chi connectivity index (χ1v) is 10.4. The smallest absolute Gasteiger partial charge is 0.410 e. The molecule has 1 saturated heterocycles. The molecule has 1 amide bonds. The van der Waals surface area contributed by atoms with Crippen LogP contribution in [-0.2, 0) is 14.3 Å². The Hall–Kier alpha value is -2.86. The summed E-state index contributed by atoms with van der Waals surface area (Å²) in [5.74, 6) is -0.821. The van der Waals surface area contributed by atoms with Crippen molar-refractivity contribution in [3.8, 4) is 11.1 Å². The SMILES string of the molecule is CC(C)CO[C@H]1CCN(C(=O)OCC2c3ccccc3-c3ccccc32)[C@@H]1C(=O)O. The molecular formula is C24H27NO5. The van der Waals surface area contributed by atoms with Gasteiger partial charge in [0.1, 0.15) is 6.61 Å². The minimum atomic E-state index is -1.06. The van der Waals surface area contributed by atoms with Crippen LogP contribution < -0.4 is 0 Å². The van der Waals surface area contributed by atoms with Crippen molar-refractivity contribution < 1.29 is 24.2 Å². The highest BCUT2D eigenvalue weighted by molar-refractivity contribution is 5.82.